The zero-order chi connectivity index (χ0) is 12.6. The van der Waals surface area contributed by atoms with Crippen molar-refractivity contribution in [3.05, 3.63) is 29.8 Å². The first kappa shape index (κ1) is 14.0. The molecule has 16 heavy (non-hydrogen) atoms. The highest BCUT2D eigenvalue weighted by Gasteiger charge is 2.43. The highest BCUT2D eigenvalue weighted by atomic mass is 127. The minimum atomic E-state index is -3.59. The van der Waals surface area contributed by atoms with Gasteiger partial charge in [-0.3, -0.25) is 0 Å². The molecule has 0 aromatic heterocycles. The molecule has 2 atom stereocenters. The molecule has 0 amide bonds. The van der Waals surface area contributed by atoms with Crippen molar-refractivity contribution in [3.63, 3.8) is 0 Å². The summed E-state index contributed by atoms with van der Waals surface area (Å²) in [6.45, 7) is 0. The number of anilines is 1. The Morgan fingerprint density at radius 3 is 2.25 bits per heavy atom. The number of aliphatic hydroxyl groups is 1. The van der Waals surface area contributed by atoms with Crippen molar-refractivity contribution in [2.75, 3.05) is 12.0 Å². The third kappa shape index (κ3) is 2.79. The summed E-state index contributed by atoms with van der Waals surface area (Å²) >= 11 is 7.37. The Labute approximate surface area is 113 Å². The molecule has 0 aliphatic heterocycles. The van der Waals surface area contributed by atoms with Crippen LogP contribution in [0.3, 0.4) is 0 Å². The van der Waals surface area contributed by atoms with E-state index in [1.165, 1.54) is 22.6 Å². The molecular weight excluding hydrogens is 365 g/mol. The second-order valence-electron chi connectivity index (χ2n) is 3.40. The average molecular weight is 376 g/mol. The Balaban J connectivity index is 3.12. The molecule has 0 heterocycles. The van der Waals surface area contributed by atoms with E-state index >= 15 is 0 Å². The van der Waals surface area contributed by atoms with Crippen molar-refractivity contribution in [3.8, 4) is 0 Å². The topological polar surface area (TPSA) is 80.4 Å². The second-order valence-corrected chi connectivity index (χ2v) is 9.48. The Morgan fingerprint density at radius 1 is 1.44 bits per heavy atom. The quantitative estimate of drug-likeness (QED) is 0.478. The predicted molar refractivity (Wildman–Crippen MR) is 73.3 cm³/mol. The van der Waals surface area contributed by atoms with Gasteiger partial charge in [0.15, 0.2) is 9.84 Å². The number of rotatable bonds is 3. The summed E-state index contributed by atoms with van der Waals surface area (Å²) in [5, 5.41) is 9.92. The van der Waals surface area contributed by atoms with Gasteiger partial charge in [0.05, 0.1) is 0 Å². The van der Waals surface area contributed by atoms with Crippen LogP contribution in [0.1, 0.15) is 11.7 Å². The standard InChI is InChI=1S/C9H11ClINO3S/c1-16(14,15)9(10,11)8(13)6-2-4-7(12)5-3-6/h2-5,8,13H,12H2,1H3/t8-,9+/m0/s1. The summed E-state index contributed by atoms with van der Waals surface area (Å²) in [6.07, 6.45) is -0.335. The molecule has 0 unspecified atom stereocenters. The molecule has 0 fully saturated rings. The summed E-state index contributed by atoms with van der Waals surface area (Å²) in [6, 6.07) is 6.23. The van der Waals surface area contributed by atoms with E-state index in [0.717, 1.165) is 6.26 Å². The van der Waals surface area contributed by atoms with Gasteiger partial charge in [-0.15, -0.1) is 0 Å². The first-order valence-corrected chi connectivity index (χ1v) is 7.62. The molecule has 7 heteroatoms. The maximum absolute atomic E-state index is 11.4. The molecule has 1 aromatic carbocycles. The number of aliphatic hydroxyl groups excluding tert-OH is 1. The van der Waals surface area contributed by atoms with Gasteiger partial charge in [0, 0.05) is 11.9 Å². The van der Waals surface area contributed by atoms with Gasteiger partial charge in [0.25, 0.3) is 0 Å². The monoisotopic (exact) mass is 375 g/mol. The molecule has 0 spiro atoms. The van der Waals surface area contributed by atoms with E-state index in [2.05, 4.69) is 0 Å². The van der Waals surface area contributed by atoms with Crippen molar-refractivity contribution < 1.29 is 13.5 Å². The normalized spacial score (nSPS) is 17.8. The smallest absolute Gasteiger partial charge is 0.224 e. The summed E-state index contributed by atoms with van der Waals surface area (Å²) in [5.41, 5.74) is 6.42. The van der Waals surface area contributed by atoms with E-state index in [1.54, 1.807) is 24.3 Å². The highest BCUT2D eigenvalue weighted by Crippen LogP contribution is 2.42. The van der Waals surface area contributed by atoms with E-state index in [4.69, 9.17) is 17.3 Å². The lowest BCUT2D eigenvalue weighted by atomic mass is 10.1. The van der Waals surface area contributed by atoms with Crippen LogP contribution in [0.4, 0.5) is 5.69 Å². The van der Waals surface area contributed by atoms with Gasteiger partial charge < -0.3 is 10.8 Å². The van der Waals surface area contributed by atoms with Gasteiger partial charge >= 0.3 is 0 Å². The summed E-state index contributed by atoms with van der Waals surface area (Å²) in [5.74, 6) is 0. The van der Waals surface area contributed by atoms with Crippen LogP contribution in [-0.2, 0) is 9.84 Å². The van der Waals surface area contributed by atoms with Crippen LogP contribution >= 0.6 is 34.2 Å². The minimum Gasteiger partial charge on any atom is -0.399 e. The SMILES string of the molecule is CS(=O)(=O)[C@](Cl)(I)[C@@H](O)c1ccc(N)cc1. The lowest BCUT2D eigenvalue weighted by molar-refractivity contribution is 0.188. The number of benzene rings is 1. The van der Waals surface area contributed by atoms with Crippen molar-refractivity contribution in [1.82, 2.24) is 0 Å². The third-order valence-electron chi connectivity index (χ3n) is 2.06. The molecule has 0 aliphatic carbocycles. The number of hydrogen-bond acceptors (Lipinski definition) is 4. The van der Waals surface area contributed by atoms with E-state index in [-0.39, 0.29) is 0 Å². The summed E-state index contributed by atoms with van der Waals surface area (Å²) in [7, 11) is -3.59. The van der Waals surface area contributed by atoms with E-state index in [9.17, 15) is 13.5 Å². The Morgan fingerprint density at radius 2 is 1.88 bits per heavy atom. The fourth-order valence-corrected chi connectivity index (χ4v) is 2.10. The third-order valence-corrected chi connectivity index (χ3v) is 7.31. The van der Waals surface area contributed by atoms with Crippen molar-refractivity contribution >= 4 is 49.7 Å². The van der Waals surface area contributed by atoms with Crippen LogP contribution in [0, 0.1) is 0 Å². The van der Waals surface area contributed by atoms with E-state index < -0.39 is 18.2 Å². The van der Waals surface area contributed by atoms with Crippen molar-refractivity contribution in [2.45, 2.75) is 8.32 Å². The average Bonchev–Trinajstić information content (AvgIpc) is 2.16. The van der Waals surface area contributed by atoms with Gasteiger partial charge in [0.2, 0.25) is 2.21 Å². The summed E-state index contributed by atoms with van der Waals surface area (Å²) in [4.78, 5) is 0. The summed E-state index contributed by atoms with van der Waals surface area (Å²) < 4.78 is 21.0. The second kappa shape index (κ2) is 4.67. The molecule has 1 aromatic rings. The molecule has 0 saturated heterocycles. The predicted octanol–water partition coefficient (Wildman–Crippen LogP) is 1.67. The number of alkyl halides is 2. The zero-order valence-corrected chi connectivity index (χ0v) is 12.1. The van der Waals surface area contributed by atoms with Crippen LogP contribution in [0.2, 0.25) is 0 Å². The van der Waals surface area contributed by atoms with Crippen LogP contribution in [0.25, 0.3) is 0 Å². The molecule has 0 bridgehead atoms. The van der Waals surface area contributed by atoms with Gasteiger partial charge in [0.1, 0.15) is 6.10 Å². The number of hydrogen-bond donors (Lipinski definition) is 2. The molecular formula is C9H11ClINO3S. The van der Waals surface area contributed by atoms with Crippen LogP contribution in [0.5, 0.6) is 0 Å². The first-order valence-electron chi connectivity index (χ1n) is 4.27. The molecule has 90 valence electrons. The maximum Gasteiger partial charge on any atom is 0.224 e. The number of nitrogen functional groups attached to an aromatic ring is 1. The van der Waals surface area contributed by atoms with Crippen LogP contribution < -0.4 is 5.73 Å². The fraction of sp³-hybridized carbons (Fsp3) is 0.333. The molecule has 3 N–H and O–H groups in total. The van der Waals surface area contributed by atoms with Gasteiger partial charge in [-0.05, 0) is 40.3 Å². The van der Waals surface area contributed by atoms with Crippen LogP contribution in [-0.4, -0.2) is 22.0 Å². The van der Waals surface area contributed by atoms with Gasteiger partial charge in [-0.25, -0.2) is 8.42 Å². The number of sulfone groups is 1. The van der Waals surface area contributed by atoms with Gasteiger partial charge in [-0.2, -0.15) is 0 Å². The Hall–Kier alpha value is -0.0500. The molecule has 0 radical (unpaired) electrons. The molecule has 1 rings (SSSR count). The van der Waals surface area contributed by atoms with Crippen LogP contribution in [0.15, 0.2) is 24.3 Å². The number of halogens is 2. The van der Waals surface area contributed by atoms with Crippen molar-refractivity contribution in [2.24, 2.45) is 0 Å². The van der Waals surface area contributed by atoms with E-state index in [0.29, 0.717) is 11.3 Å². The van der Waals surface area contributed by atoms with E-state index in [1.807, 2.05) is 0 Å². The number of nitrogens with two attached hydrogens (primary N) is 1. The first-order chi connectivity index (χ1) is 7.16. The lowest BCUT2D eigenvalue weighted by Gasteiger charge is -2.24. The van der Waals surface area contributed by atoms with Gasteiger partial charge in [-0.1, -0.05) is 23.7 Å². The Kier molecular flexibility index (Phi) is 4.09. The lowest BCUT2D eigenvalue weighted by Crippen LogP contribution is -2.31. The fourth-order valence-electron chi connectivity index (χ4n) is 1.08. The zero-order valence-electron chi connectivity index (χ0n) is 8.39. The molecule has 0 aliphatic rings. The largest absolute Gasteiger partial charge is 0.399 e. The highest BCUT2D eigenvalue weighted by molar-refractivity contribution is 14.1. The maximum atomic E-state index is 11.4. The minimum absolute atomic E-state index is 0.407. The molecule has 0 saturated carbocycles. The van der Waals surface area contributed by atoms with Crippen molar-refractivity contribution in [1.29, 1.82) is 0 Å². The Bertz CT molecular complexity index is 472. The molecule has 4 nitrogen and oxygen atoms in total.